The number of hydrogen-bond acceptors (Lipinski definition) is 4. The van der Waals surface area contributed by atoms with Crippen LogP contribution in [0, 0.1) is 0 Å². The minimum atomic E-state index is -0.0386. The molecule has 1 rings (SSSR count). The van der Waals surface area contributed by atoms with Crippen molar-refractivity contribution in [2.24, 2.45) is 0 Å². The molecule has 1 N–H and O–H groups in total. The van der Waals surface area contributed by atoms with Crippen LogP contribution in [0.1, 0.15) is 27.2 Å². The van der Waals surface area contributed by atoms with Crippen molar-refractivity contribution in [3.05, 3.63) is 22.6 Å². The van der Waals surface area contributed by atoms with Gasteiger partial charge in [-0.1, -0.05) is 20.8 Å². The van der Waals surface area contributed by atoms with E-state index in [9.17, 15) is 4.79 Å². The van der Waals surface area contributed by atoms with E-state index in [2.05, 4.69) is 36.1 Å². The number of nitrogens with zero attached hydrogens (tertiary/aromatic N) is 3. The molecule has 1 aromatic heterocycles. The van der Waals surface area contributed by atoms with Gasteiger partial charge < -0.3 is 10.2 Å². The van der Waals surface area contributed by atoms with Crippen LogP contribution in [0.3, 0.4) is 0 Å². The van der Waals surface area contributed by atoms with E-state index in [1.165, 1.54) is 4.68 Å². The quantitative estimate of drug-likeness (QED) is 0.760. The summed E-state index contributed by atoms with van der Waals surface area (Å²) in [6.07, 6.45) is 2.75. The van der Waals surface area contributed by atoms with Gasteiger partial charge in [-0.05, 0) is 19.5 Å². The Morgan fingerprint density at radius 1 is 1.33 bits per heavy atom. The molecule has 0 bridgehead atoms. The van der Waals surface area contributed by atoms with Crippen LogP contribution < -0.4 is 10.9 Å². The van der Waals surface area contributed by atoms with Crippen molar-refractivity contribution in [3.63, 3.8) is 0 Å². The molecule has 0 atom stereocenters. The lowest BCUT2D eigenvalue weighted by atomic mass is 10.4. The summed E-state index contributed by atoms with van der Waals surface area (Å²) in [5.74, 6) is 0. The lowest BCUT2D eigenvalue weighted by Crippen LogP contribution is -2.32. The molecule has 1 aromatic rings. The number of hydrogen-bond donors (Lipinski definition) is 1. The topological polar surface area (TPSA) is 50.2 Å². The SMILES string of the molecule is CCCNc1cnn(CCN(CC)CC)c(=O)c1. The molecule has 18 heavy (non-hydrogen) atoms. The zero-order valence-corrected chi connectivity index (χ0v) is 11.6. The molecule has 0 unspecified atom stereocenters. The summed E-state index contributed by atoms with van der Waals surface area (Å²) in [6.45, 7) is 10.7. The van der Waals surface area contributed by atoms with Gasteiger partial charge in [0.05, 0.1) is 18.4 Å². The molecule has 1 heterocycles. The Kier molecular flexibility index (Phi) is 6.43. The summed E-state index contributed by atoms with van der Waals surface area (Å²) in [7, 11) is 0. The van der Waals surface area contributed by atoms with Gasteiger partial charge in [0.25, 0.3) is 5.56 Å². The zero-order valence-electron chi connectivity index (χ0n) is 11.6. The molecule has 0 radical (unpaired) electrons. The van der Waals surface area contributed by atoms with Crippen molar-refractivity contribution in [3.8, 4) is 0 Å². The minimum absolute atomic E-state index is 0.0386. The summed E-state index contributed by atoms with van der Waals surface area (Å²) in [5, 5.41) is 7.35. The van der Waals surface area contributed by atoms with Crippen molar-refractivity contribution < 1.29 is 0 Å². The second-order valence-corrected chi connectivity index (χ2v) is 4.26. The number of likely N-dealkylation sites (N-methyl/N-ethyl adjacent to an activating group) is 1. The molecule has 0 fully saturated rings. The van der Waals surface area contributed by atoms with Crippen molar-refractivity contribution >= 4 is 5.69 Å². The van der Waals surface area contributed by atoms with Crippen molar-refractivity contribution in [2.45, 2.75) is 33.7 Å². The van der Waals surface area contributed by atoms with E-state index in [0.29, 0.717) is 6.54 Å². The maximum Gasteiger partial charge on any atom is 0.268 e. The van der Waals surface area contributed by atoms with E-state index in [0.717, 1.165) is 38.3 Å². The Morgan fingerprint density at radius 3 is 2.61 bits per heavy atom. The van der Waals surface area contributed by atoms with Gasteiger partial charge in [0.2, 0.25) is 0 Å². The maximum atomic E-state index is 11.8. The Labute approximate surface area is 109 Å². The first-order valence-electron chi connectivity index (χ1n) is 6.74. The fourth-order valence-corrected chi connectivity index (χ4v) is 1.74. The van der Waals surface area contributed by atoms with Crippen LogP contribution in [-0.2, 0) is 6.54 Å². The highest BCUT2D eigenvalue weighted by Gasteiger charge is 2.03. The van der Waals surface area contributed by atoms with E-state index < -0.39 is 0 Å². The summed E-state index contributed by atoms with van der Waals surface area (Å²) in [4.78, 5) is 14.1. The predicted molar refractivity (Wildman–Crippen MR) is 75.1 cm³/mol. The molecule has 5 heteroatoms. The van der Waals surface area contributed by atoms with Gasteiger partial charge in [-0.3, -0.25) is 4.79 Å². The van der Waals surface area contributed by atoms with Crippen LogP contribution in [0.5, 0.6) is 0 Å². The predicted octanol–water partition coefficient (Wildman–Crippen LogP) is 1.41. The van der Waals surface area contributed by atoms with Gasteiger partial charge in [0.1, 0.15) is 0 Å². The Morgan fingerprint density at radius 2 is 2.06 bits per heavy atom. The van der Waals surface area contributed by atoms with Gasteiger partial charge in [0.15, 0.2) is 0 Å². The second-order valence-electron chi connectivity index (χ2n) is 4.26. The second kappa shape index (κ2) is 7.87. The average Bonchev–Trinajstić information content (AvgIpc) is 2.39. The summed E-state index contributed by atoms with van der Waals surface area (Å²) >= 11 is 0. The van der Waals surface area contributed by atoms with Gasteiger partial charge in [-0.25, -0.2) is 4.68 Å². The van der Waals surface area contributed by atoms with Crippen LogP contribution in [0.25, 0.3) is 0 Å². The molecule has 0 aliphatic carbocycles. The molecule has 0 aliphatic rings. The lowest BCUT2D eigenvalue weighted by molar-refractivity contribution is 0.282. The molecule has 0 aliphatic heterocycles. The van der Waals surface area contributed by atoms with E-state index in [1.807, 2.05) is 0 Å². The molecule has 102 valence electrons. The third kappa shape index (κ3) is 4.49. The highest BCUT2D eigenvalue weighted by Crippen LogP contribution is 1.99. The van der Waals surface area contributed by atoms with Gasteiger partial charge >= 0.3 is 0 Å². The van der Waals surface area contributed by atoms with Gasteiger partial charge in [-0.2, -0.15) is 5.10 Å². The highest BCUT2D eigenvalue weighted by molar-refractivity contribution is 5.38. The van der Waals surface area contributed by atoms with E-state index in [1.54, 1.807) is 12.3 Å². The molecule has 0 spiro atoms. The molecular weight excluding hydrogens is 228 g/mol. The average molecular weight is 252 g/mol. The zero-order chi connectivity index (χ0) is 13.4. The minimum Gasteiger partial charge on any atom is -0.384 e. The van der Waals surface area contributed by atoms with Crippen LogP contribution in [0.2, 0.25) is 0 Å². The molecule has 5 nitrogen and oxygen atoms in total. The molecule has 0 amide bonds. The number of nitrogens with one attached hydrogen (secondary N) is 1. The summed E-state index contributed by atoms with van der Waals surface area (Å²) < 4.78 is 1.52. The maximum absolute atomic E-state index is 11.8. The van der Waals surface area contributed by atoms with Crippen LogP contribution in [0.4, 0.5) is 5.69 Å². The first-order chi connectivity index (χ1) is 8.71. The normalized spacial score (nSPS) is 10.9. The third-order valence-electron chi connectivity index (χ3n) is 2.97. The van der Waals surface area contributed by atoms with Crippen molar-refractivity contribution in [1.29, 1.82) is 0 Å². The standard InChI is InChI=1S/C13H24N4O/c1-4-7-14-12-10-13(18)17(15-11-12)9-8-16(5-2)6-3/h10-11,14H,4-9H2,1-3H3. The van der Waals surface area contributed by atoms with Crippen LogP contribution in [-0.4, -0.2) is 40.9 Å². The molecule has 0 aromatic carbocycles. The first kappa shape index (κ1) is 14.7. The third-order valence-corrected chi connectivity index (χ3v) is 2.97. The van der Waals surface area contributed by atoms with E-state index >= 15 is 0 Å². The smallest absolute Gasteiger partial charge is 0.268 e. The van der Waals surface area contributed by atoms with Gasteiger partial charge in [-0.15, -0.1) is 0 Å². The number of aromatic nitrogens is 2. The van der Waals surface area contributed by atoms with Crippen molar-refractivity contribution in [1.82, 2.24) is 14.7 Å². The molecule has 0 saturated heterocycles. The molecular formula is C13H24N4O. The first-order valence-corrected chi connectivity index (χ1v) is 6.74. The highest BCUT2D eigenvalue weighted by atomic mass is 16.1. The van der Waals surface area contributed by atoms with E-state index in [-0.39, 0.29) is 5.56 Å². The van der Waals surface area contributed by atoms with Gasteiger partial charge in [0, 0.05) is 19.2 Å². The fourth-order valence-electron chi connectivity index (χ4n) is 1.74. The van der Waals surface area contributed by atoms with Crippen molar-refractivity contribution in [2.75, 3.05) is 31.5 Å². The summed E-state index contributed by atoms with van der Waals surface area (Å²) in [6, 6.07) is 1.62. The van der Waals surface area contributed by atoms with Crippen LogP contribution in [0.15, 0.2) is 17.1 Å². The Balaban J connectivity index is 2.59. The monoisotopic (exact) mass is 252 g/mol. The number of rotatable bonds is 8. The largest absolute Gasteiger partial charge is 0.384 e. The summed E-state index contributed by atoms with van der Waals surface area (Å²) in [5.41, 5.74) is 0.768. The van der Waals surface area contributed by atoms with Crippen LogP contribution >= 0.6 is 0 Å². The van der Waals surface area contributed by atoms with E-state index in [4.69, 9.17) is 0 Å². The molecule has 0 saturated carbocycles. The lowest BCUT2D eigenvalue weighted by Gasteiger charge is -2.17. The Hall–Kier alpha value is -1.36. The fraction of sp³-hybridized carbons (Fsp3) is 0.692. The Bertz CT molecular complexity index is 398. The number of anilines is 1.